The van der Waals surface area contributed by atoms with Crippen LogP contribution in [0.25, 0.3) is 0 Å². The van der Waals surface area contributed by atoms with E-state index < -0.39 is 11.9 Å². The van der Waals surface area contributed by atoms with E-state index in [1.54, 1.807) is 31.2 Å². The number of thioether (sulfide) groups is 1. The Morgan fingerprint density at radius 3 is 2.56 bits per heavy atom. The molecule has 0 aliphatic heterocycles. The van der Waals surface area contributed by atoms with Crippen LogP contribution in [-0.2, 0) is 11.3 Å². The molecule has 32 heavy (non-hydrogen) atoms. The fraction of sp³-hybridized carbons (Fsp3) is 0.273. The van der Waals surface area contributed by atoms with E-state index in [2.05, 4.69) is 15.5 Å². The standard InChI is InChI=1S/C22H22ClFN4O3S/c1-4-28-21(14(3)31-19-10-7-16(24)11-18(19)23)26-27-22(28)32-12-20(30)25-17-8-5-15(6-9-17)13(2)29/h5-11,14H,4,12H2,1-3H3,(H,25,30). The van der Waals surface area contributed by atoms with Crippen LogP contribution >= 0.6 is 23.4 Å². The quantitative estimate of drug-likeness (QED) is 0.339. The molecule has 1 aromatic heterocycles. The highest BCUT2D eigenvalue weighted by Gasteiger charge is 2.20. The monoisotopic (exact) mass is 476 g/mol. The van der Waals surface area contributed by atoms with E-state index in [0.29, 0.717) is 34.5 Å². The Bertz CT molecular complexity index is 1120. The van der Waals surface area contributed by atoms with Gasteiger partial charge in [-0.3, -0.25) is 9.59 Å². The molecule has 7 nitrogen and oxygen atoms in total. The Morgan fingerprint density at radius 1 is 1.22 bits per heavy atom. The van der Waals surface area contributed by atoms with Gasteiger partial charge in [0.2, 0.25) is 5.91 Å². The van der Waals surface area contributed by atoms with Crippen LogP contribution in [-0.4, -0.2) is 32.2 Å². The maximum Gasteiger partial charge on any atom is 0.234 e. The molecule has 0 aliphatic carbocycles. The molecule has 0 radical (unpaired) electrons. The molecular formula is C22H22ClFN4O3S. The van der Waals surface area contributed by atoms with Crippen molar-refractivity contribution in [2.75, 3.05) is 11.1 Å². The number of amides is 1. The molecule has 1 unspecified atom stereocenters. The molecule has 0 fully saturated rings. The first-order valence-electron chi connectivity index (χ1n) is 9.87. The minimum absolute atomic E-state index is 0.0342. The summed E-state index contributed by atoms with van der Waals surface area (Å²) in [6.45, 7) is 5.79. The summed E-state index contributed by atoms with van der Waals surface area (Å²) in [5, 5.41) is 11.9. The number of anilines is 1. The highest BCUT2D eigenvalue weighted by molar-refractivity contribution is 7.99. The maximum atomic E-state index is 13.3. The second-order valence-corrected chi connectivity index (χ2v) is 8.24. The third-order valence-electron chi connectivity index (χ3n) is 4.53. The first-order chi connectivity index (χ1) is 15.3. The topological polar surface area (TPSA) is 86.1 Å². The lowest BCUT2D eigenvalue weighted by Crippen LogP contribution is -2.15. The number of carbonyl (C=O) groups excluding carboxylic acids is 2. The molecule has 3 rings (SSSR count). The van der Waals surface area contributed by atoms with Crippen molar-refractivity contribution in [3.63, 3.8) is 0 Å². The second kappa shape index (κ2) is 10.6. The molecule has 1 heterocycles. The number of aromatic nitrogens is 3. The van der Waals surface area contributed by atoms with Crippen molar-refractivity contribution in [3.05, 3.63) is 64.7 Å². The third kappa shape index (κ3) is 5.86. The van der Waals surface area contributed by atoms with Gasteiger partial charge in [-0.15, -0.1) is 10.2 Å². The van der Waals surface area contributed by atoms with Gasteiger partial charge in [0, 0.05) is 17.8 Å². The number of benzene rings is 2. The van der Waals surface area contributed by atoms with Crippen LogP contribution < -0.4 is 10.1 Å². The number of Topliss-reactive ketones (excluding diaryl/α,β-unsaturated/α-hetero) is 1. The maximum absolute atomic E-state index is 13.3. The number of halogens is 2. The summed E-state index contributed by atoms with van der Waals surface area (Å²) < 4.78 is 20.9. The summed E-state index contributed by atoms with van der Waals surface area (Å²) in [7, 11) is 0. The van der Waals surface area contributed by atoms with Crippen molar-refractivity contribution in [3.8, 4) is 5.75 Å². The summed E-state index contributed by atoms with van der Waals surface area (Å²) >= 11 is 7.29. The van der Waals surface area contributed by atoms with E-state index in [9.17, 15) is 14.0 Å². The summed E-state index contributed by atoms with van der Waals surface area (Å²) in [6, 6.07) is 10.6. The smallest absolute Gasteiger partial charge is 0.234 e. The van der Waals surface area contributed by atoms with Crippen molar-refractivity contribution in [1.29, 1.82) is 0 Å². The van der Waals surface area contributed by atoms with Crippen molar-refractivity contribution < 1.29 is 18.7 Å². The predicted octanol–water partition coefficient (Wildman–Crippen LogP) is 5.16. The van der Waals surface area contributed by atoms with Gasteiger partial charge in [0.15, 0.2) is 22.9 Å². The van der Waals surface area contributed by atoms with Gasteiger partial charge in [-0.2, -0.15) is 0 Å². The molecule has 168 valence electrons. The van der Waals surface area contributed by atoms with Crippen molar-refractivity contribution >= 4 is 40.7 Å². The SMILES string of the molecule is CCn1c(SCC(=O)Nc2ccc(C(C)=O)cc2)nnc1C(C)Oc1ccc(F)cc1Cl. The Hall–Kier alpha value is -2.91. The van der Waals surface area contributed by atoms with E-state index >= 15 is 0 Å². The zero-order valence-corrected chi connectivity index (χ0v) is 19.3. The van der Waals surface area contributed by atoms with Gasteiger partial charge in [0.05, 0.1) is 10.8 Å². The lowest BCUT2D eigenvalue weighted by molar-refractivity contribution is -0.113. The van der Waals surface area contributed by atoms with E-state index in [1.807, 2.05) is 11.5 Å². The number of ketones is 1. The average molecular weight is 477 g/mol. The van der Waals surface area contributed by atoms with Crippen LogP contribution in [0, 0.1) is 5.82 Å². The first-order valence-corrected chi connectivity index (χ1v) is 11.2. The van der Waals surface area contributed by atoms with Crippen molar-refractivity contribution in [1.82, 2.24) is 14.8 Å². The third-order valence-corrected chi connectivity index (χ3v) is 5.79. The zero-order chi connectivity index (χ0) is 23.3. The highest BCUT2D eigenvalue weighted by Crippen LogP contribution is 2.30. The van der Waals surface area contributed by atoms with E-state index in [4.69, 9.17) is 16.3 Å². The van der Waals surface area contributed by atoms with Crippen molar-refractivity contribution in [2.24, 2.45) is 0 Å². The van der Waals surface area contributed by atoms with Gasteiger partial charge in [0.25, 0.3) is 0 Å². The fourth-order valence-corrected chi connectivity index (χ4v) is 3.96. The van der Waals surface area contributed by atoms with Gasteiger partial charge in [0.1, 0.15) is 11.6 Å². The Labute approximate surface area is 194 Å². The van der Waals surface area contributed by atoms with Crippen molar-refractivity contribution in [2.45, 2.75) is 38.6 Å². The van der Waals surface area contributed by atoms with Gasteiger partial charge >= 0.3 is 0 Å². The number of ether oxygens (including phenoxy) is 1. The minimum atomic E-state index is -0.492. The Morgan fingerprint density at radius 2 is 1.94 bits per heavy atom. The second-order valence-electron chi connectivity index (χ2n) is 6.89. The molecule has 0 saturated carbocycles. The van der Waals surface area contributed by atoms with Crippen LogP contribution in [0.4, 0.5) is 10.1 Å². The Balaban J connectivity index is 1.62. The van der Waals surface area contributed by atoms with Crippen LogP contribution in [0.15, 0.2) is 47.6 Å². The summed E-state index contributed by atoms with van der Waals surface area (Å²) in [5.41, 5.74) is 1.19. The van der Waals surface area contributed by atoms with Crippen LogP contribution in [0.2, 0.25) is 5.02 Å². The summed E-state index contributed by atoms with van der Waals surface area (Å²) in [6.07, 6.45) is -0.492. The molecule has 0 spiro atoms. The molecule has 0 saturated heterocycles. The molecule has 1 N–H and O–H groups in total. The number of nitrogens with zero attached hydrogens (tertiary/aromatic N) is 3. The average Bonchev–Trinajstić information content (AvgIpc) is 3.17. The molecule has 1 amide bonds. The van der Waals surface area contributed by atoms with Gasteiger partial charge in [-0.05, 0) is 63.2 Å². The molecule has 3 aromatic rings. The van der Waals surface area contributed by atoms with Crippen LogP contribution in [0.3, 0.4) is 0 Å². The number of hydrogen-bond donors (Lipinski definition) is 1. The molecule has 10 heteroatoms. The number of carbonyl (C=O) groups is 2. The molecule has 0 bridgehead atoms. The molecule has 0 aliphatic rings. The van der Waals surface area contributed by atoms with E-state index in [0.717, 1.165) is 0 Å². The van der Waals surface area contributed by atoms with Gasteiger partial charge in [-0.25, -0.2) is 4.39 Å². The van der Waals surface area contributed by atoms with Crippen LogP contribution in [0.5, 0.6) is 5.75 Å². The summed E-state index contributed by atoms with van der Waals surface area (Å²) in [5.74, 6) is 0.351. The Kier molecular flexibility index (Phi) is 7.87. The first kappa shape index (κ1) is 23.7. The molecule has 1 atom stereocenters. The minimum Gasteiger partial charge on any atom is -0.481 e. The van der Waals surface area contributed by atoms with E-state index in [1.165, 1.54) is 36.9 Å². The lowest BCUT2D eigenvalue weighted by atomic mass is 10.1. The molecule has 2 aromatic carbocycles. The normalized spacial score (nSPS) is 11.8. The number of nitrogens with one attached hydrogen (secondary N) is 1. The summed E-state index contributed by atoms with van der Waals surface area (Å²) in [4.78, 5) is 23.7. The van der Waals surface area contributed by atoms with E-state index in [-0.39, 0.29) is 22.5 Å². The zero-order valence-electron chi connectivity index (χ0n) is 17.8. The van der Waals surface area contributed by atoms with Crippen LogP contribution in [0.1, 0.15) is 43.1 Å². The fourth-order valence-electron chi connectivity index (χ4n) is 2.93. The number of hydrogen-bond acceptors (Lipinski definition) is 6. The number of rotatable bonds is 9. The highest BCUT2D eigenvalue weighted by atomic mass is 35.5. The van der Waals surface area contributed by atoms with Gasteiger partial charge in [-0.1, -0.05) is 23.4 Å². The van der Waals surface area contributed by atoms with Gasteiger partial charge < -0.3 is 14.6 Å². The lowest BCUT2D eigenvalue weighted by Gasteiger charge is -2.16. The molecular weight excluding hydrogens is 455 g/mol. The largest absolute Gasteiger partial charge is 0.481 e. The predicted molar refractivity (Wildman–Crippen MR) is 122 cm³/mol.